The number of aryl methyl sites for hydroxylation is 2. The van der Waals surface area contributed by atoms with Gasteiger partial charge >= 0.3 is 0 Å². The Balaban J connectivity index is 1.61. The molecule has 3 rings (SSSR count). The number of ketones is 1. The second kappa shape index (κ2) is 7.61. The highest BCUT2D eigenvalue weighted by Crippen LogP contribution is 2.32. The fraction of sp³-hybridized carbons (Fsp3) is 0.286. The Bertz CT molecular complexity index is 920. The number of hydrogen-bond donors (Lipinski definition) is 1. The number of amides is 2. The summed E-state index contributed by atoms with van der Waals surface area (Å²) in [6, 6.07) is 10.7. The van der Waals surface area contributed by atoms with Gasteiger partial charge in [0.2, 0.25) is 5.91 Å². The number of carbonyl (C=O) groups excluding carboxylic acids is 3. The molecule has 6 nitrogen and oxygen atoms in total. The summed E-state index contributed by atoms with van der Waals surface area (Å²) in [5.41, 5.74) is 4.00. The lowest BCUT2D eigenvalue weighted by Crippen LogP contribution is -2.35. The maximum atomic E-state index is 12.5. The summed E-state index contributed by atoms with van der Waals surface area (Å²) in [5.74, 6) is 0.0423. The van der Waals surface area contributed by atoms with E-state index in [-0.39, 0.29) is 37.0 Å². The third kappa shape index (κ3) is 4.16. The number of fused-ring (bicyclic) bond motifs is 1. The number of likely N-dealkylation sites (N-methyl/N-ethyl adjacent to an activating group) is 1. The van der Waals surface area contributed by atoms with Crippen LogP contribution in [0.4, 0.5) is 11.4 Å². The van der Waals surface area contributed by atoms with Crippen molar-refractivity contribution >= 4 is 29.0 Å². The summed E-state index contributed by atoms with van der Waals surface area (Å²) in [6.07, 6.45) is 0.183. The van der Waals surface area contributed by atoms with E-state index in [0.717, 1.165) is 16.8 Å². The summed E-state index contributed by atoms with van der Waals surface area (Å²) < 4.78 is 5.36. The second-order valence-electron chi connectivity index (χ2n) is 6.69. The van der Waals surface area contributed by atoms with Crippen molar-refractivity contribution in [2.45, 2.75) is 26.7 Å². The van der Waals surface area contributed by atoms with Gasteiger partial charge in [0.25, 0.3) is 5.91 Å². The van der Waals surface area contributed by atoms with Crippen LogP contribution in [0.5, 0.6) is 5.75 Å². The second-order valence-corrected chi connectivity index (χ2v) is 6.69. The molecule has 0 spiro atoms. The molecule has 0 radical (unpaired) electrons. The van der Waals surface area contributed by atoms with Gasteiger partial charge in [0.05, 0.1) is 5.69 Å². The van der Waals surface area contributed by atoms with Crippen LogP contribution in [0, 0.1) is 13.8 Å². The minimum absolute atomic E-state index is 0.00451. The average Bonchev–Trinajstić information content (AvgIpc) is 2.65. The van der Waals surface area contributed by atoms with Crippen molar-refractivity contribution in [2.75, 3.05) is 23.9 Å². The molecule has 0 unspecified atom stereocenters. The number of Topliss-reactive ketones (excluding diaryl/α,β-unsaturated/α-hetero) is 1. The van der Waals surface area contributed by atoms with Crippen molar-refractivity contribution in [3.63, 3.8) is 0 Å². The predicted molar refractivity (Wildman–Crippen MR) is 103 cm³/mol. The molecular weight excluding hydrogens is 344 g/mol. The molecule has 0 saturated heterocycles. The number of ether oxygens (including phenoxy) is 1. The van der Waals surface area contributed by atoms with Gasteiger partial charge in [-0.3, -0.25) is 14.4 Å². The monoisotopic (exact) mass is 366 g/mol. The number of carbonyl (C=O) groups is 3. The summed E-state index contributed by atoms with van der Waals surface area (Å²) in [4.78, 5) is 37.8. The molecule has 2 aromatic rings. The van der Waals surface area contributed by atoms with E-state index in [1.807, 2.05) is 32.0 Å². The van der Waals surface area contributed by atoms with Gasteiger partial charge in [0.1, 0.15) is 5.75 Å². The van der Waals surface area contributed by atoms with Crippen LogP contribution >= 0.6 is 0 Å². The maximum Gasteiger partial charge on any atom is 0.264 e. The highest BCUT2D eigenvalue weighted by atomic mass is 16.5. The molecule has 0 saturated carbocycles. The van der Waals surface area contributed by atoms with E-state index in [2.05, 4.69) is 5.32 Å². The molecule has 0 aromatic heterocycles. The number of benzene rings is 2. The summed E-state index contributed by atoms with van der Waals surface area (Å²) in [6.45, 7) is 3.99. The predicted octanol–water partition coefficient (Wildman–Crippen LogP) is 3.26. The minimum Gasteiger partial charge on any atom is -0.482 e. The van der Waals surface area contributed by atoms with Crippen molar-refractivity contribution in [1.82, 2.24) is 0 Å². The highest BCUT2D eigenvalue weighted by molar-refractivity contribution is 6.03. The number of hydrogen-bond acceptors (Lipinski definition) is 4. The maximum absolute atomic E-state index is 12.5. The molecule has 1 heterocycles. The van der Waals surface area contributed by atoms with Gasteiger partial charge < -0.3 is 15.0 Å². The number of rotatable bonds is 5. The molecule has 2 aromatic carbocycles. The van der Waals surface area contributed by atoms with Gasteiger partial charge in [-0.1, -0.05) is 6.07 Å². The van der Waals surface area contributed by atoms with Crippen molar-refractivity contribution in [2.24, 2.45) is 0 Å². The Morgan fingerprint density at radius 1 is 1.07 bits per heavy atom. The van der Waals surface area contributed by atoms with E-state index >= 15 is 0 Å². The fourth-order valence-corrected chi connectivity index (χ4v) is 2.86. The largest absolute Gasteiger partial charge is 0.482 e. The van der Waals surface area contributed by atoms with E-state index in [1.165, 1.54) is 4.90 Å². The first kappa shape index (κ1) is 18.6. The van der Waals surface area contributed by atoms with Gasteiger partial charge in [-0.25, -0.2) is 0 Å². The van der Waals surface area contributed by atoms with E-state index in [4.69, 9.17) is 4.74 Å². The van der Waals surface area contributed by atoms with Gasteiger partial charge in [0.15, 0.2) is 12.4 Å². The average molecular weight is 366 g/mol. The van der Waals surface area contributed by atoms with Crippen LogP contribution < -0.4 is 15.0 Å². The lowest BCUT2D eigenvalue weighted by Gasteiger charge is -2.26. The number of anilines is 2. The minimum atomic E-state index is -0.208. The summed E-state index contributed by atoms with van der Waals surface area (Å²) in [5, 5.41) is 2.82. The van der Waals surface area contributed by atoms with Crippen LogP contribution in [0.25, 0.3) is 0 Å². The lowest BCUT2D eigenvalue weighted by molar-refractivity contribution is -0.121. The third-order valence-electron chi connectivity index (χ3n) is 4.74. The van der Waals surface area contributed by atoms with E-state index in [9.17, 15) is 14.4 Å². The van der Waals surface area contributed by atoms with Gasteiger partial charge in [-0.15, -0.1) is 0 Å². The van der Waals surface area contributed by atoms with Gasteiger partial charge in [-0.05, 0) is 55.3 Å². The van der Waals surface area contributed by atoms with Gasteiger partial charge in [0, 0.05) is 31.1 Å². The zero-order chi connectivity index (χ0) is 19.6. The molecule has 1 N–H and O–H groups in total. The first-order valence-electron chi connectivity index (χ1n) is 8.79. The van der Waals surface area contributed by atoms with Crippen LogP contribution in [-0.2, 0) is 9.59 Å². The molecule has 0 atom stereocenters. The molecule has 1 aliphatic heterocycles. The molecule has 1 aliphatic rings. The summed E-state index contributed by atoms with van der Waals surface area (Å²) >= 11 is 0. The van der Waals surface area contributed by atoms with Crippen LogP contribution in [0.2, 0.25) is 0 Å². The number of nitrogens with zero attached hydrogens (tertiary/aromatic N) is 1. The Morgan fingerprint density at radius 3 is 2.59 bits per heavy atom. The Kier molecular flexibility index (Phi) is 5.26. The Hall–Kier alpha value is -3.15. The van der Waals surface area contributed by atoms with Gasteiger partial charge in [-0.2, -0.15) is 0 Å². The van der Waals surface area contributed by atoms with Crippen molar-refractivity contribution in [3.05, 3.63) is 53.1 Å². The van der Waals surface area contributed by atoms with Crippen molar-refractivity contribution in [3.8, 4) is 5.75 Å². The van der Waals surface area contributed by atoms with Crippen LogP contribution in [0.15, 0.2) is 36.4 Å². The topological polar surface area (TPSA) is 75.7 Å². The Morgan fingerprint density at radius 2 is 1.85 bits per heavy atom. The standard InChI is InChI=1S/C21H22N2O4/c1-13-4-6-16(10-14(13)2)22-20(25)9-7-18(24)15-5-8-19-17(11-15)23(3)21(26)12-27-19/h4-6,8,10-11H,7,9,12H2,1-3H3,(H,22,25). The normalized spacial score (nSPS) is 13.0. The molecule has 0 aliphatic carbocycles. The molecule has 140 valence electrons. The third-order valence-corrected chi connectivity index (χ3v) is 4.74. The molecule has 0 bridgehead atoms. The molecule has 27 heavy (non-hydrogen) atoms. The van der Waals surface area contributed by atoms with Crippen LogP contribution in [-0.4, -0.2) is 31.3 Å². The highest BCUT2D eigenvalue weighted by Gasteiger charge is 2.23. The quantitative estimate of drug-likeness (QED) is 0.824. The van der Waals surface area contributed by atoms with Crippen molar-refractivity contribution < 1.29 is 19.1 Å². The van der Waals surface area contributed by atoms with E-state index in [0.29, 0.717) is 17.0 Å². The first-order valence-corrected chi connectivity index (χ1v) is 8.79. The van der Waals surface area contributed by atoms with E-state index in [1.54, 1.807) is 25.2 Å². The number of nitrogens with one attached hydrogen (secondary N) is 1. The smallest absolute Gasteiger partial charge is 0.264 e. The van der Waals surface area contributed by atoms with Crippen LogP contribution in [0.1, 0.15) is 34.3 Å². The lowest BCUT2D eigenvalue weighted by atomic mass is 10.0. The zero-order valence-electron chi connectivity index (χ0n) is 15.7. The first-order chi connectivity index (χ1) is 12.8. The fourth-order valence-electron chi connectivity index (χ4n) is 2.86. The molecule has 2 amide bonds. The molecule has 6 heteroatoms. The summed E-state index contributed by atoms with van der Waals surface area (Å²) in [7, 11) is 1.65. The molecular formula is C21H22N2O4. The SMILES string of the molecule is Cc1ccc(NC(=O)CCC(=O)c2ccc3c(c2)N(C)C(=O)CO3)cc1C. The van der Waals surface area contributed by atoms with Crippen molar-refractivity contribution in [1.29, 1.82) is 0 Å². The van der Waals surface area contributed by atoms with Crippen LogP contribution in [0.3, 0.4) is 0 Å². The Labute approximate surface area is 158 Å². The van der Waals surface area contributed by atoms with E-state index < -0.39 is 0 Å². The zero-order valence-corrected chi connectivity index (χ0v) is 15.7. The molecule has 0 fully saturated rings.